The zero-order chi connectivity index (χ0) is 5.70. The van der Waals surface area contributed by atoms with Crippen molar-refractivity contribution in [2.24, 2.45) is 0 Å². The Kier molecular flexibility index (Phi) is 3.72. The fourth-order valence-electron chi connectivity index (χ4n) is 0.149. The molecule has 0 unspecified atom stereocenters. The van der Waals surface area contributed by atoms with E-state index in [4.69, 9.17) is 5.26 Å². The van der Waals surface area contributed by atoms with Crippen LogP contribution in [0.1, 0.15) is 6.92 Å². The molecule has 0 aliphatic carbocycles. The van der Waals surface area contributed by atoms with Crippen LogP contribution in [0.5, 0.6) is 0 Å². The molecule has 0 spiro atoms. The maximum Gasteiger partial charge on any atom is 0.0911 e. The molecule has 0 aromatic heterocycles. The van der Waals surface area contributed by atoms with Crippen molar-refractivity contribution in [3.63, 3.8) is 0 Å². The van der Waals surface area contributed by atoms with Gasteiger partial charge >= 0.3 is 0 Å². The van der Waals surface area contributed by atoms with Crippen LogP contribution in [-0.2, 0) is 0 Å². The van der Waals surface area contributed by atoms with E-state index in [2.05, 4.69) is 15.9 Å². The number of hydrogen-bond acceptors (Lipinski definition) is 1. The highest BCUT2D eigenvalue weighted by molar-refractivity contribution is 9.09. The first-order valence-corrected chi connectivity index (χ1v) is 3.04. The van der Waals surface area contributed by atoms with Gasteiger partial charge in [0.25, 0.3) is 0 Å². The molecular weight excluding hydrogens is 154 g/mol. The van der Waals surface area contributed by atoms with Gasteiger partial charge in [-0.05, 0) is 6.92 Å². The van der Waals surface area contributed by atoms with E-state index in [0.717, 1.165) is 10.9 Å². The summed E-state index contributed by atoms with van der Waals surface area (Å²) in [4.78, 5) is 0. The van der Waals surface area contributed by atoms with Crippen molar-refractivity contribution in [1.29, 1.82) is 5.26 Å². The van der Waals surface area contributed by atoms with Gasteiger partial charge in [-0.3, -0.25) is 0 Å². The van der Waals surface area contributed by atoms with Crippen molar-refractivity contribution < 1.29 is 0 Å². The molecule has 2 heteroatoms. The predicted octanol–water partition coefficient (Wildman–Crippen LogP) is 1.85. The first-order valence-electron chi connectivity index (χ1n) is 1.92. The summed E-state index contributed by atoms with van der Waals surface area (Å²) in [7, 11) is 0. The van der Waals surface area contributed by atoms with Gasteiger partial charge in [0.15, 0.2) is 0 Å². The molecule has 0 rings (SSSR count). The first-order chi connectivity index (χ1) is 3.31. The van der Waals surface area contributed by atoms with Crippen LogP contribution in [0.25, 0.3) is 0 Å². The molecule has 0 N–H and O–H groups in total. The molecule has 0 heterocycles. The topological polar surface area (TPSA) is 23.8 Å². The highest BCUT2D eigenvalue weighted by atomic mass is 79.9. The second-order valence-electron chi connectivity index (χ2n) is 1.25. The number of hydrogen-bond donors (Lipinski definition) is 0. The maximum absolute atomic E-state index is 8.02. The second kappa shape index (κ2) is 3.89. The molecule has 1 nitrogen and oxygen atoms in total. The lowest BCUT2D eigenvalue weighted by Crippen LogP contribution is -1.70. The molecule has 0 aromatic carbocycles. The highest BCUT2D eigenvalue weighted by Crippen LogP contribution is 1.94. The minimum Gasteiger partial charge on any atom is -0.193 e. The molecule has 0 amide bonds. The van der Waals surface area contributed by atoms with E-state index in [-0.39, 0.29) is 0 Å². The van der Waals surface area contributed by atoms with Crippen LogP contribution in [0.3, 0.4) is 0 Å². The third kappa shape index (κ3) is 3.54. The zero-order valence-electron chi connectivity index (χ0n) is 4.11. The number of allylic oxidation sites excluding steroid dienone is 2. The van der Waals surface area contributed by atoms with E-state index in [1.165, 1.54) is 6.08 Å². The zero-order valence-corrected chi connectivity index (χ0v) is 5.70. The third-order valence-corrected chi connectivity index (χ3v) is 1.41. The van der Waals surface area contributed by atoms with Gasteiger partial charge < -0.3 is 0 Å². The Morgan fingerprint density at radius 3 is 2.71 bits per heavy atom. The van der Waals surface area contributed by atoms with Gasteiger partial charge in [0.1, 0.15) is 0 Å². The Labute approximate surface area is 51.8 Å². The largest absolute Gasteiger partial charge is 0.193 e. The van der Waals surface area contributed by atoms with E-state index in [0.29, 0.717) is 0 Å². The molecule has 0 bridgehead atoms. The predicted molar refractivity (Wildman–Crippen MR) is 33.2 cm³/mol. The van der Waals surface area contributed by atoms with Crippen LogP contribution in [0, 0.1) is 11.3 Å². The molecule has 0 aliphatic rings. The molecule has 0 aliphatic heterocycles. The molecular formula is C5H6BrN. The Morgan fingerprint density at radius 1 is 2.00 bits per heavy atom. The minimum absolute atomic E-state index is 0.792. The van der Waals surface area contributed by atoms with Crippen molar-refractivity contribution in [2.45, 2.75) is 6.92 Å². The van der Waals surface area contributed by atoms with Crippen LogP contribution in [0.15, 0.2) is 11.6 Å². The Hall–Kier alpha value is -0.290. The lowest BCUT2D eigenvalue weighted by molar-refractivity contribution is 1.41. The minimum atomic E-state index is 0.792. The van der Waals surface area contributed by atoms with Crippen molar-refractivity contribution >= 4 is 15.9 Å². The van der Waals surface area contributed by atoms with E-state index >= 15 is 0 Å². The standard InChI is InChI=1S/C5H6BrN/c1-5(4-6)2-3-7/h2H,4H2,1H3/b5-2-. The molecule has 38 valence electrons. The van der Waals surface area contributed by atoms with Gasteiger partial charge in [0.05, 0.1) is 6.07 Å². The smallest absolute Gasteiger partial charge is 0.0911 e. The van der Waals surface area contributed by atoms with Gasteiger partial charge in [-0.1, -0.05) is 21.5 Å². The summed E-state index contributed by atoms with van der Waals surface area (Å²) in [6.45, 7) is 1.90. The van der Waals surface area contributed by atoms with Gasteiger partial charge in [-0.15, -0.1) is 0 Å². The summed E-state index contributed by atoms with van der Waals surface area (Å²) < 4.78 is 0. The summed E-state index contributed by atoms with van der Waals surface area (Å²) in [6, 6.07) is 1.93. The van der Waals surface area contributed by atoms with Gasteiger partial charge in [-0.2, -0.15) is 5.26 Å². The lowest BCUT2D eigenvalue weighted by atomic mass is 10.3. The average molecular weight is 160 g/mol. The van der Waals surface area contributed by atoms with Crippen molar-refractivity contribution in [1.82, 2.24) is 0 Å². The quantitative estimate of drug-likeness (QED) is 0.424. The second-order valence-corrected chi connectivity index (χ2v) is 1.81. The number of rotatable bonds is 1. The van der Waals surface area contributed by atoms with E-state index in [1.807, 2.05) is 13.0 Å². The summed E-state index contributed by atoms with van der Waals surface area (Å²) in [5.74, 6) is 0. The Morgan fingerprint density at radius 2 is 2.57 bits per heavy atom. The van der Waals surface area contributed by atoms with Gasteiger partial charge in [0.2, 0.25) is 0 Å². The lowest BCUT2D eigenvalue weighted by Gasteiger charge is -1.81. The van der Waals surface area contributed by atoms with Crippen molar-refractivity contribution in [3.05, 3.63) is 11.6 Å². The van der Waals surface area contributed by atoms with Crippen LogP contribution >= 0.6 is 15.9 Å². The third-order valence-electron chi connectivity index (χ3n) is 0.522. The summed E-state index contributed by atoms with van der Waals surface area (Å²) in [5, 5.41) is 8.81. The molecule has 0 aromatic rings. The van der Waals surface area contributed by atoms with Crippen molar-refractivity contribution in [2.75, 3.05) is 5.33 Å². The maximum atomic E-state index is 8.02. The number of nitrogens with zero attached hydrogens (tertiary/aromatic N) is 1. The van der Waals surface area contributed by atoms with Crippen LogP contribution in [-0.4, -0.2) is 5.33 Å². The first kappa shape index (κ1) is 6.71. The van der Waals surface area contributed by atoms with Gasteiger partial charge in [-0.25, -0.2) is 0 Å². The number of nitriles is 1. The average Bonchev–Trinajstić information content (AvgIpc) is 1.68. The van der Waals surface area contributed by atoms with Crippen molar-refractivity contribution in [3.8, 4) is 6.07 Å². The monoisotopic (exact) mass is 159 g/mol. The van der Waals surface area contributed by atoms with E-state index in [1.54, 1.807) is 0 Å². The van der Waals surface area contributed by atoms with Crippen LogP contribution in [0.4, 0.5) is 0 Å². The molecule has 0 saturated carbocycles. The molecule has 0 atom stereocenters. The summed E-state index contributed by atoms with van der Waals surface area (Å²) >= 11 is 3.20. The Balaban J connectivity index is 3.56. The van der Waals surface area contributed by atoms with E-state index in [9.17, 15) is 0 Å². The van der Waals surface area contributed by atoms with Crippen LogP contribution in [0.2, 0.25) is 0 Å². The molecule has 0 radical (unpaired) electrons. The number of alkyl halides is 1. The fraction of sp³-hybridized carbons (Fsp3) is 0.400. The summed E-state index contributed by atoms with van der Waals surface area (Å²) in [6.07, 6.45) is 1.52. The Bertz CT molecular complexity index is 110. The molecule has 7 heavy (non-hydrogen) atoms. The molecule has 0 saturated heterocycles. The normalized spacial score (nSPS) is 10.7. The van der Waals surface area contributed by atoms with E-state index < -0.39 is 0 Å². The molecule has 0 fully saturated rings. The SMILES string of the molecule is C/C(=C/C#N)CBr. The fourth-order valence-corrected chi connectivity index (χ4v) is 0.311. The van der Waals surface area contributed by atoms with Gasteiger partial charge in [0, 0.05) is 11.4 Å². The highest BCUT2D eigenvalue weighted by Gasteiger charge is 1.78. The summed E-state index contributed by atoms with van der Waals surface area (Å²) in [5.41, 5.74) is 1.06. The van der Waals surface area contributed by atoms with Crippen LogP contribution < -0.4 is 0 Å². The number of halogens is 1.